The third-order valence-electron chi connectivity index (χ3n) is 3.47. The first-order valence-corrected chi connectivity index (χ1v) is 7.43. The van der Waals surface area contributed by atoms with Crippen LogP contribution in [0.4, 0.5) is 0 Å². The van der Waals surface area contributed by atoms with E-state index >= 15 is 0 Å². The van der Waals surface area contributed by atoms with E-state index in [4.69, 9.17) is 4.74 Å². The fourth-order valence-electron chi connectivity index (χ4n) is 2.42. The van der Waals surface area contributed by atoms with E-state index in [2.05, 4.69) is 32.9 Å². The minimum atomic E-state index is -0.256. The highest BCUT2D eigenvalue weighted by molar-refractivity contribution is 5.73. The van der Waals surface area contributed by atoms with Crippen molar-refractivity contribution >= 4 is 6.29 Å². The van der Waals surface area contributed by atoms with Crippen molar-refractivity contribution in [1.29, 1.82) is 0 Å². The maximum absolute atomic E-state index is 11.0. The lowest BCUT2D eigenvalue weighted by Crippen LogP contribution is -2.20. The van der Waals surface area contributed by atoms with Crippen molar-refractivity contribution in [2.75, 3.05) is 6.61 Å². The number of aldehydes is 1. The average Bonchev–Trinajstić information content (AvgIpc) is 2.46. The van der Waals surface area contributed by atoms with Crippen molar-refractivity contribution in [1.82, 2.24) is 0 Å². The summed E-state index contributed by atoms with van der Waals surface area (Å²) in [5, 5.41) is 0. The third-order valence-corrected chi connectivity index (χ3v) is 3.47. The summed E-state index contributed by atoms with van der Waals surface area (Å²) in [5.41, 5.74) is 2.87. The number of para-hydroxylation sites is 1. The van der Waals surface area contributed by atoms with E-state index in [1.54, 1.807) is 0 Å². The van der Waals surface area contributed by atoms with E-state index in [9.17, 15) is 4.79 Å². The molecule has 0 aliphatic heterocycles. The van der Waals surface area contributed by atoms with Gasteiger partial charge < -0.3 is 4.74 Å². The van der Waals surface area contributed by atoms with Crippen LogP contribution in [0.5, 0.6) is 5.75 Å². The molecule has 0 N–H and O–H groups in total. The Kier molecular flexibility index (Phi) is 6.41. The number of hydrogen-bond donors (Lipinski definition) is 0. The zero-order valence-electron chi connectivity index (χ0n) is 13.8. The van der Waals surface area contributed by atoms with Gasteiger partial charge in [-0.25, -0.2) is 0 Å². The predicted octanol–water partition coefficient (Wildman–Crippen LogP) is 4.84. The lowest BCUT2D eigenvalue weighted by molar-refractivity contribution is -0.104. The number of carbonyl (C=O) groups excluding carboxylic acids is 1. The number of benzene rings is 1. The van der Waals surface area contributed by atoms with E-state index in [-0.39, 0.29) is 5.41 Å². The van der Waals surface area contributed by atoms with Crippen LogP contribution in [0.15, 0.2) is 47.6 Å². The fourth-order valence-corrected chi connectivity index (χ4v) is 2.42. The van der Waals surface area contributed by atoms with Crippen LogP contribution in [-0.4, -0.2) is 12.9 Å². The molecule has 0 aromatic heterocycles. The van der Waals surface area contributed by atoms with E-state index in [0.29, 0.717) is 6.61 Å². The van der Waals surface area contributed by atoms with Crippen LogP contribution < -0.4 is 4.74 Å². The van der Waals surface area contributed by atoms with Crippen LogP contribution in [0.25, 0.3) is 0 Å². The molecule has 1 unspecified atom stereocenters. The first-order valence-electron chi connectivity index (χ1n) is 7.43. The van der Waals surface area contributed by atoms with Gasteiger partial charge in [0.25, 0.3) is 0 Å². The van der Waals surface area contributed by atoms with Crippen LogP contribution >= 0.6 is 0 Å². The summed E-state index contributed by atoms with van der Waals surface area (Å²) in [5.74, 6) is 0.889. The van der Waals surface area contributed by atoms with Crippen LogP contribution in [0, 0.1) is 0 Å². The summed E-state index contributed by atoms with van der Waals surface area (Å²) in [6.45, 7) is 10.8. The lowest BCUT2D eigenvalue weighted by atomic mass is 9.77. The molecule has 0 fully saturated rings. The minimum absolute atomic E-state index is 0.256. The molecule has 2 nitrogen and oxygen atoms in total. The maximum atomic E-state index is 11.0. The molecule has 0 heterocycles. The van der Waals surface area contributed by atoms with Gasteiger partial charge in [0.05, 0.1) is 6.61 Å². The van der Waals surface area contributed by atoms with E-state index in [1.807, 2.05) is 38.1 Å². The largest absolute Gasteiger partial charge is 0.494 e. The lowest BCUT2D eigenvalue weighted by Gasteiger charge is -2.28. The van der Waals surface area contributed by atoms with Crippen molar-refractivity contribution in [3.63, 3.8) is 0 Å². The molecule has 1 aromatic carbocycles. The number of rotatable bonds is 7. The zero-order valence-corrected chi connectivity index (χ0v) is 13.8. The van der Waals surface area contributed by atoms with Gasteiger partial charge in [0, 0.05) is 11.0 Å². The number of carbonyl (C=O) groups is 1. The monoisotopic (exact) mass is 286 g/mol. The predicted molar refractivity (Wildman–Crippen MR) is 88.8 cm³/mol. The summed E-state index contributed by atoms with van der Waals surface area (Å²) < 4.78 is 5.77. The van der Waals surface area contributed by atoms with Crippen LogP contribution in [0.2, 0.25) is 0 Å². The van der Waals surface area contributed by atoms with Crippen molar-refractivity contribution in [2.45, 2.75) is 46.5 Å². The maximum Gasteiger partial charge on any atom is 0.145 e. The molecule has 114 valence electrons. The van der Waals surface area contributed by atoms with Crippen LogP contribution in [0.3, 0.4) is 0 Å². The second-order valence-electron chi connectivity index (χ2n) is 5.84. The Bertz CT molecular complexity index is 536. The van der Waals surface area contributed by atoms with Gasteiger partial charge in [-0.15, -0.1) is 0 Å². The Morgan fingerprint density at radius 3 is 2.48 bits per heavy atom. The normalized spacial score (nSPS) is 14.2. The van der Waals surface area contributed by atoms with Gasteiger partial charge >= 0.3 is 0 Å². The zero-order chi connectivity index (χ0) is 15.9. The molecule has 0 saturated heterocycles. The molecule has 0 bridgehead atoms. The molecule has 0 aliphatic carbocycles. The Morgan fingerprint density at radius 2 is 1.90 bits per heavy atom. The highest BCUT2D eigenvalue weighted by Gasteiger charge is 2.26. The Balaban J connectivity index is 3.36. The summed E-state index contributed by atoms with van der Waals surface area (Å²) >= 11 is 0. The fraction of sp³-hybridized carbons (Fsp3) is 0.421. The summed E-state index contributed by atoms with van der Waals surface area (Å²) in [6, 6.07) is 8.07. The van der Waals surface area contributed by atoms with Crippen molar-refractivity contribution in [2.24, 2.45) is 0 Å². The van der Waals surface area contributed by atoms with Gasteiger partial charge in [-0.05, 0) is 45.8 Å². The van der Waals surface area contributed by atoms with Gasteiger partial charge in [0.15, 0.2) is 0 Å². The van der Waals surface area contributed by atoms with Crippen LogP contribution in [0.1, 0.15) is 46.6 Å². The summed E-state index contributed by atoms with van der Waals surface area (Å²) in [6.07, 6.45) is 5.99. The van der Waals surface area contributed by atoms with E-state index < -0.39 is 0 Å². The summed E-state index contributed by atoms with van der Waals surface area (Å²) in [7, 11) is 0. The second kappa shape index (κ2) is 7.82. The molecule has 21 heavy (non-hydrogen) atoms. The topological polar surface area (TPSA) is 26.3 Å². The van der Waals surface area contributed by atoms with Crippen molar-refractivity contribution < 1.29 is 9.53 Å². The minimum Gasteiger partial charge on any atom is -0.494 e. The molecule has 0 radical (unpaired) electrons. The van der Waals surface area contributed by atoms with Gasteiger partial charge in [0.2, 0.25) is 0 Å². The first-order chi connectivity index (χ1) is 9.92. The summed E-state index contributed by atoms with van der Waals surface area (Å²) in [4.78, 5) is 11.0. The Morgan fingerprint density at radius 1 is 1.24 bits per heavy atom. The number of hydrogen-bond acceptors (Lipinski definition) is 2. The van der Waals surface area contributed by atoms with Crippen molar-refractivity contribution in [3.05, 3.63) is 53.1 Å². The molecule has 1 aromatic rings. The number of ether oxygens (including phenoxy) is 1. The molecule has 0 saturated carbocycles. The second-order valence-corrected chi connectivity index (χ2v) is 5.84. The molecular weight excluding hydrogens is 260 g/mol. The molecule has 0 aliphatic rings. The quantitative estimate of drug-likeness (QED) is 0.407. The third kappa shape index (κ3) is 4.89. The SMILES string of the molecule is CCOc1ccccc1C(C)(/C=C(\C)C=O)CC=C(C)C. The molecule has 0 spiro atoms. The highest BCUT2D eigenvalue weighted by Crippen LogP contribution is 2.37. The Labute approximate surface area is 128 Å². The highest BCUT2D eigenvalue weighted by atomic mass is 16.5. The number of allylic oxidation sites excluding steroid dienone is 4. The van der Waals surface area contributed by atoms with E-state index in [1.165, 1.54) is 5.57 Å². The molecular formula is C19H26O2. The molecule has 2 heteroatoms. The molecule has 0 amide bonds. The van der Waals surface area contributed by atoms with Crippen molar-refractivity contribution in [3.8, 4) is 5.75 Å². The molecule has 1 rings (SSSR count). The van der Waals surface area contributed by atoms with Gasteiger partial charge in [-0.2, -0.15) is 0 Å². The molecule has 1 atom stereocenters. The van der Waals surface area contributed by atoms with Gasteiger partial charge in [0.1, 0.15) is 12.0 Å². The van der Waals surface area contributed by atoms with E-state index in [0.717, 1.165) is 29.6 Å². The first kappa shape index (κ1) is 17.2. The smallest absolute Gasteiger partial charge is 0.145 e. The standard InChI is InChI=1S/C19H26O2/c1-6-21-18-10-8-7-9-17(18)19(5,12-11-15(2)3)13-16(4)14-20/h7-11,13-14H,6,12H2,1-5H3/b16-13+. The Hall–Kier alpha value is -1.83. The van der Waals surface area contributed by atoms with Gasteiger partial charge in [-0.3, -0.25) is 4.79 Å². The van der Waals surface area contributed by atoms with Gasteiger partial charge in [-0.1, -0.05) is 42.8 Å². The average molecular weight is 286 g/mol. The van der Waals surface area contributed by atoms with Crippen LogP contribution in [-0.2, 0) is 10.2 Å².